The summed E-state index contributed by atoms with van der Waals surface area (Å²) in [5, 5.41) is 10.9. The summed E-state index contributed by atoms with van der Waals surface area (Å²) in [5.41, 5.74) is 3.46. The number of benzene rings is 2. The number of aromatic nitrogens is 4. The van der Waals surface area contributed by atoms with Gasteiger partial charge in [0.05, 0.1) is 34.5 Å². The van der Waals surface area contributed by atoms with Gasteiger partial charge in [0.25, 0.3) is 0 Å². The van der Waals surface area contributed by atoms with E-state index in [0.717, 1.165) is 22.5 Å². The smallest absolute Gasteiger partial charge is 0.387 e. The van der Waals surface area contributed by atoms with Gasteiger partial charge in [-0.15, -0.1) is 0 Å². The molecule has 39 heavy (non-hydrogen) atoms. The number of halogens is 2. The van der Waals surface area contributed by atoms with E-state index in [2.05, 4.69) is 32.3 Å². The molecule has 0 unspecified atom stereocenters. The topological polar surface area (TPSA) is 100 Å². The van der Waals surface area contributed by atoms with Crippen LogP contribution in [0.5, 0.6) is 5.75 Å². The Morgan fingerprint density at radius 1 is 1.15 bits per heavy atom. The molecule has 204 valence electrons. The van der Waals surface area contributed by atoms with E-state index in [1.165, 1.54) is 12.1 Å². The molecular weight excluding hydrogens is 506 g/mol. The van der Waals surface area contributed by atoms with Gasteiger partial charge in [-0.1, -0.05) is 12.6 Å². The highest BCUT2D eigenvalue weighted by Gasteiger charge is 2.19. The van der Waals surface area contributed by atoms with Crippen molar-refractivity contribution in [3.8, 4) is 17.0 Å². The molecular formula is C27H30F2N8O2. The van der Waals surface area contributed by atoms with Crippen molar-refractivity contribution in [3.63, 3.8) is 0 Å². The third-order valence-corrected chi connectivity index (χ3v) is 6.00. The minimum atomic E-state index is -3.07. The molecule has 0 radical (unpaired) electrons. The number of rotatable bonds is 11. The first-order valence-electron chi connectivity index (χ1n) is 12.1. The summed E-state index contributed by atoms with van der Waals surface area (Å²) in [6, 6.07) is 10.5. The van der Waals surface area contributed by atoms with E-state index in [1.54, 1.807) is 30.2 Å². The van der Waals surface area contributed by atoms with Gasteiger partial charge in [0.15, 0.2) is 5.75 Å². The van der Waals surface area contributed by atoms with Crippen LogP contribution in [-0.2, 0) is 11.8 Å². The number of nitrogens with zero attached hydrogens (tertiary/aromatic N) is 6. The van der Waals surface area contributed by atoms with E-state index in [9.17, 15) is 13.6 Å². The van der Waals surface area contributed by atoms with Gasteiger partial charge in [0.2, 0.25) is 11.9 Å². The standard InChI is InChI=1S/C27H30F2N8O2/c1-6-25(38)32-20-14-21(24(39-26(28)29)15-23(20)36(4)12-11-35(2)3)34-27-30-10-9-19(33-27)17-7-8-22-18(13-17)16-31-37(22)5/h6-10,13-16,26H,1,11-12H2,2-5H3,(H,32,38)(H,30,33,34). The molecule has 2 heterocycles. The lowest BCUT2D eigenvalue weighted by Gasteiger charge is -2.26. The van der Waals surface area contributed by atoms with Crippen molar-refractivity contribution < 1.29 is 18.3 Å². The number of likely N-dealkylation sites (N-methyl/N-ethyl adjacent to an activating group) is 2. The highest BCUT2D eigenvalue weighted by molar-refractivity contribution is 6.02. The average Bonchev–Trinajstić information content (AvgIpc) is 3.28. The molecule has 12 heteroatoms. The molecule has 2 aromatic carbocycles. The van der Waals surface area contributed by atoms with Gasteiger partial charge in [0.1, 0.15) is 0 Å². The SMILES string of the molecule is C=CC(=O)Nc1cc(Nc2nccc(-c3ccc4c(cnn4C)c3)n2)c(OC(F)F)cc1N(C)CCN(C)C. The van der Waals surface area contributed by atoms with Gasteiger partial charge >= 0.3 is 6.61 Å². The number of nitrogens with one attached hydrogen (secondary N) is 2. The molecule has 0 saturated carbocycles. The summed E-state index contributed by atoms with van der Waals surface area (Å²) in [6.45, 7) is 1.69. The minimum Gasteiger partial charge on any atom is -0.433 e. The summed E-state index contributed by atoms with van der Waals surface area (Å²) < 4.78 is 33.5. The zero-order chi connectivity index (χ0) is 28.1. The lowest BCUT2D eigenvalue weighted by Crippen LogP contribution is -2.29. The van der Waals surface area contributed by atoms with E-state index in [1.807, 2.05) is 49.1 Å². The molecule has 0 aliphatic heterocycles. The fourth-order valence-electron chi connectivity index (χ4n) is 3.95. The number of ether oxygens (including phenoxy) is 1. The first-order valence-corrected chi connectivity index (χ1v) is 12.1. The van der Waals surface area contributed by atoms with Gasteiger partial charge in [-0.25, -0.2) is 9.97 Å². The van der Waals surface area contributed by atoms with Crippen molar-refractivity contribution in [2.24, 2.45) is 7.05 Å². The largest absolute Gasteiger partial charge is 0.433 e. The van der Waals surface area contributed by atoms with Crippen LogP contribution in [0, 0.1) is 0 Å². The Morgan fingerprint density at radius 2 is 1.95 bits per heavy atom. The predicted molar refractivity (Wildman–Crippen MR) is 149 cm³/mol. The minimum absolute atomic E-state index is 0.126. The second kappa shape index (κ2) is 11.9. The van der Waals surface area contributed by atoms with Crippen molar-refractivity contribution >= 4 is 39.8 Å². The molecule has 0 aliphatic rings. The molecule has 10 nitrogen and oxygen atoms in total. The maximum atomic E-state index is 13.4. The van der Waals surface area contributed by atoms with Crippen molar-refractivity contribution in [2.45, 2.75) is 6.61 Å². The van der Waals surface area contributed by atoms with E-state index >= 15 is 0 Å². The Morgan fingerprint density at radius 3 is 2.67 bits per heavy atom. The number of alkyl halides is 2. The Hall–Kier alpha value is -4.58. The summed E-state index contributed by atoms with van der Waals surface area (Å²) >= 11 is 0. The highest BCUT2D eigenvalue weighted by Crippen LogP contribution is 2.39. The van der Waals surface area contributed by atoms with Crippen LogP contribution in [0.3, 0.4) is 0 Å². The molecule has 0 atom stereocenters. The second-order valence-electron chi connectivity index (χ2n) is 9.09. The fourth-order valence-corrected chi connectivity index (χ4v) is 3.95. The van der Waals surface area contributed by atoms with Crippen molar-refractivity contribution in [1.29, 1.82) is 0 Å². The van der Waals surface area contributed by atoms with E-state index in [4.69, 9.17) is 4.74 Å². The molecule has 0 bridgehead atoms. The molecule has 2 aromatic heterocycles. The summed E-state index contributed by atoms with van der Waals surface area (Å²) in [7, 11) is 7.52. The van der Waals surface area contributed by atoms with Gasteiger partial charge in [-0.2, -0.15) is 13.9 Å². The van der Waals surface area contributed by atoms with Crippen LogP contribution in [0.25, 0.3) is 22.2 Å². The number of hydrogen-bond donors (Lipinski definition) is 2. The van der Waals surface area contributed by atoms with Gasteiger partial charge in [0, 0.05) is 50.4 Å². The first-order chi connectivity index (χ1) is 18.6. The average molecular weight is 537 g/mol. The van der Waals surface area contributed by atoms with E-state index in [-0.39, 0.29) is 17.4 Å². The molecule has 0 saturated heterocycles. The van der Waals surface area contributed by atoms with Crippen LogP contribution >= 0.6 is 0 Å². The van der Waals surface area contributed by atoms with Crippen LogP contribution in [0.15, 0.2) is 61.4 Å². The zero-order valence-electron chi connectivity index (χ0n) is 22.2. The molecule has 1 amide bonds. The molecule has 4 rings (SSSR count). The number of carbonyl (C=O) groups excluding carboxylic acids is 1. The van der Waals surface area contributed by atoms with Crippen molar-refractivity contribution in [2.75, 3.05) is 49.8 Å². The Balaban J connectivity index is 1.72. The number of amides is 1. The van der Waals surface area contributed by atoms with E-state index < -0.39 is 12.5 Å². The van der Waals surface area contributed by atoms with Crippen LogP contribution in [-0.4, -0.2) is 71.4 Å². The van der Waals surface area contributed by atoms with Gasteiger partial charge in [-0.3, -0.25) is 9.48 Å². The van der Waals surface area contributed by atoms with E-state index in [0.29, 0.717) is 30.2 Å². The number of anilines is 4. The quantitative estimate of drug-likeness (QED) is 0.271. The number of carbonyl (C=O) groups is 1. The third-order valence-electron chi connectivity index (χ3n) is 6.00. The van der Waals surface area contributed by atoms with Crippen LogP contribution in [0.1, 0.15) is 0 Å². The highest BCUT2D eigenvalue weighted by atomic mass is 19.3. The lowest BCUT2D eigenvalue weighted by molar-refractivity contribution is -0.111. The molecule has 0 fully saturated rings. The van der Waals surface area contributed by atoms with Crippen molar-refractivity contribution in [1.82, 2.24) is 24.6 Å². The number of aryl methyl sites for hydroxylation is 1. The van der Waals surface area contributed by atoms with Crippen LogP contribution < -0.4 is 20.3 Å². The fraction of sp³-hybridized carbons (Fsp3) is 0.259. The zero-order valence-corrected chi connectivity index (χ0v) is 22.2. The van der Waals surface area contributed by atoms with Gasteiger partial charge in [-0.05, 0) is 44.4 Å². The Labute approximate surface area is 224 Å². The van der Waals surface area contributed by atoms with Gasteiger partial charge < -0.3 is 25.2 Å². The Bertz CT molecular complexity index is 1490. The second-order valence-corrected chi connectivity index (χ2v) is 9.09. The lowest BCUT2D eigenvalue weighted by atomic mass is 10.1. The molecule has 0 spiro atoms. The van der Waals surface area contributed by atoms with Crippen LogP contribution in [0.2, 0.25) is 0 Å². The first kappa shape index (κ1) is 27.5. The maximum Gasteiger partial charge on any atom is 0.387 e. The normalized spacial score (nSPS) is 11.2. The van der Waals surface area contributed by atoms with Crippen molar-refractivity contribution in [3.05, 3.63) is 61.4 Å². The molecule has 2 N–H and O–H groups in total. The predicted octanol–water partition coefficient (Wildman–Crippen LogP) is 4.50. The number of hydrogen-bond acceptors (Lipinski definition) is 8. The summed E-state index contributed by atoms with van der Waals surface area (Å²) in [6.07, 6.45) is 4.46. The Kier molecular flexibility index (Phi) is 8.35. The number of fused-ring (bicyclic) bond motifs is 1. The monoisotopic (exact) mass is 536 g/mol. The molecule has 4 aromatic rings. The summed E-state index contributed by atoms with van der Waals surface area (Å²) in [5.74, 6) is -0.415. The summed E-state index contributed by atoms with van der Waals surface area (Å²) in [4.78, 5) is 24.9. The third kappa shape index (κ3) is 6.65. The molecule has 0 aliphatic carbocycles. The maximum absolute atomic E-state index is 13.4. The van der Waals surface area contributed by atoms with Crippen LogP contribution in [0.4, 0.5) is 31.8 Å².